The Kier molecular flexibility index (Phi) is 3.20. The van der Waals surface area contributed by atoms with Crippen molar-refractivity contribution >= 4 is 5.69 Å². The standard InChI is InChI=1S/C13H21N/c1-6-14-12-8-7-11(9-10(12)2)13(3,4)5/h7-9,14H,6H2,1-5H3. The first-order valence-corrected chi connectivity index (χ1v) is 5.30. The number of anilines is 1. The van der Waals surface area contributed by atoms with E-state index in [9.17, 15) is 0 Å². The van der Waals surface area contributed by atoms with Crippen molar-refractivity contribution < 1.29 is 0 Å². The monoisotopic (exact) mass is 191 g/mol. The van der Waals surface area contributed by atoms with E-state index in [1.807, 2.05) is 0 Å². The molecule has 1 heteroatoms. The Bertz CT molecular complexity index is 308. The molecule has 0 spiro atoms. The van der Waals surface area contributed by atoms with Crippen LogP contribution in [-0.2, 0) is 5.41 Å². The van der Waals surface area contributed by atoms with Crippen LogP contribution in [0.4, 0.5) is 5.69 Å². The van der Waals surface area contributed by atoms with Gasteiger partial charge in [-0.2, -0.15) is 0 Å². The van der Waals surface area contributed by atoms with Crippen LogP contribution in [0.15, 0.2) is 18.2 Å². The third-order valence-electron chi connectivity index (χ3n) is 2.46. The molecule has 0 fully saturated rings. The van der Waals surface area contributed by atoms with Gasteiger partial charge < -0.3 is 5.32 Å². The summed E-state index contributed by atoms with van der Waals surface area (Å²) in [5, 5.41) is 3.35. The fourth-order valence-electron chi connectivity index (χ4n) is 1.52. The molecule has 1 N–H and O–H groups in total. The zero-order valence-corrected chi connectivity index (χ0v) is 9.94. The second-order valence-electron chi connectivity index (χ2n) is 4.81. The molecule has 14 heavy (non-hydrogen) atoms. The van der Waals surface area contributed by atoms with Crippen LogP contribution < -0.4 is 5.32 Å². The molecule has 1 aromatic carbocycles. The minimum atomic E-state index is 0.246. The molecule has 0 amide bonds. The van der Waals surface area contributed by atoms with E-state index in [4.69, 9.17) is 0 Å². The molecule has 1 aromatic rings. The number of benzene rings is 1. The second-order valence-corrected chi connectivity index (χ2v) is 4.81. The maximum atomic E-state index is 3.35. The van der Waals surface area contributed by atoms with Gasteiger partial charge in [0.15, 0.2) is 0 Å². The number of hydrogen-bond acceptors (Lipinski definition) is 1. The highest BCUT2D eigenvalue weighted by atomic mass is 14.9. The maximum Gasteiger partial charge on any atom is 0.0369 e. The maximum absolute atomic E-state index is 3.35. The lowest BCUT2D eigenvalue weighted by Gasteiger charge is -2.20. The highest BCUT2D eigenvalue weighted by molar-refractivity contribution is 5.52. The van der Waals surface area contributed by atoms with Crippen molar-refractivity contribution in [1.29, 1.82) is 0 Å². The fraction of sp³-hybridized carbons (Fsp3) is 0.538. The SMILES string of the molecule is CCNc1ccc(C(C)(C)C)cc1C. The topological polar surface area (TPSA) is 12.0 Å². The molecule has 0 saturated carbocycles. The van der Waals surface area contributed by atoms with Crippen LogP contribution in [0.25, 0.3) is 0 Å². The van der Waals surface area contributed by atoms with Crippen molar-refractivity contribution in [3.05, 3.63) is 29.3 Å². The van der Waals surface area contributed by atoms with Gasteiger partial charge in [0.2, 0.25) is 0 Å². The number of aryl methyl sites for hydroxylation is 1. The highest BCUT2D eigenvalue weighted by Gasteiger charge is 2.13. The highest BCUT2D eigenvalue weighted by Crippen LogP contribution is 2.26. The first-order valence-electron chi connectivity index (χ1n) is 5.30. The predicted octanol–water partition coefficient (Wildman–Crippen LogP) is 3.72. The molecule has 0 saturated heterocycles. The summed E-state index contributed by atoms with van der Waals surface area (Å²) in [6.07, 6.45) is 0. The Labute approximate surface area is 87.5 Å². The summed E-state index contributed by atoms with van der Waals surface area (Å²) in [7, 11) is 0. The normalized spacial score (nSPS) is 11.5. The van der Waals surface area contributed by atoms with Gasteiger partial charge in [0.1, 0.15) is 0 Å². The molecule has 0 atom stereocenters. The zero-order chi connectivity index (χ0) is 10.8. The van der Waals surface area contributed by atoms with Crippen LogP contribution in [0.5, 0.6) is 0 Å². The fourth-order valence-corrected chi connectivity index (χ4v) is 1.52. The van der Waals surface area contributed by atoms with Gasteiger partial charge in [-0.1, -0.05) is 32.9 Å². The van der Waals surface area contributed by atoms with Crippen LogP contribution in [0.1, 0.15) is 38.8 Å². The first-order chi connectivity index (χ1) is 6.45. The van der Waals surface area contributed by atoms with E-state index in [1.54, 1.807) is 0 Å². The Morgan fingerprint density at radius 3 is 2.29 bits per heavy atom. The van der Waals surface area contributed by atoms with E-state index in [-0.39, 0.29) is 5.41 Å². The van der Waals surface area contributed by atoms with Crippen LogP contribution >= 0.6 is 0 Å². The molecule has 0 unspecified atom stereocenters. The molecular weight excluding hydrogens is 170 g/mol. The summed E-state index contributed by atoms with van der Waals surface area (Å²) in [6.45, 7) is 12.0. The molecule has 0 aliphatic rings. The molecule has 0 aliphatic carbocycles. The van der Waals surface area contributed by atoms with E-state index < -0.39 is 0 Å². The molecule has 1 nitrogen and oxygen atoms in total. The molecule has 0 radical (unpaired) electrons. The van der Waals surface area contributed by atoms with E-state index in [2.05, 4.69) is 58.1 Å². The molecular formula is C13H21N. The van der Waals surface area contributed by atoms with Gasteiger partial charge in [0.25, 0.3) is 0 Å². The van der Waals surface area contributed by atoms with Crippen molar-refractivity contribution in [3.8, 4) is 0 Å². The van der Waals surface area contributed by atoms with Crippen molar-refractivity contribution in [1.82, 2.24) is 0 Å². The van der Waals surface area contributed by atoms with Gasteiger partial charge in [-0.25, -0.2) is 0 Å². The van der Waals surface area contributed by atoms with Gasteiger partial charge in [0, 0.05) is 12.2 Å². The van der Waals surface area contributed by atoms with Crippen molar-refractivity contribution in [2.45, 2.75) is 40.0 Å². The van der Waals surface area contributed by atoms with Crippen molar-refractivity contribution in [2.24, 2.45) is 0 Å². The van der Waals surface area contributed by atoms with E-state index in [0.29, 0.717) is 0 Å². The minimum Gasteiger partial charge on any atom is -0.385 e. The number of nitrogens with one attached hydrogen (secondary N) is 1. The number of hydrogen-bond donors (Lipinski definition) is 1. The summed E-state index contributed by atoms with van der Waals surface area (Å²) >= 11 is 0. The molecule has 78 valence electrons. The van der Waals surface area contributed by atoms with E-state index in [1.165, 1.54) is 16.8 Å². The number of rotatable bonds is 2. The largest absolute Gasteiger partial charge is 0.385 e. The summed E-state index contributed by atoms with van der Waals surface area (Å²) in [5.41, 5.74) is 4.23. The quantitative estimate of drug-likeness (QED) is 0.751. The van der Waals surface area contributed by atoms with Gasteiger partial charge >= 0.3 is 0 Å². The van der Waals surface area contributed by atoms with Crippen molar-refractivity contribution in [3.63, 3.8) is 0 Å². The Morgan fingerprint density at radius 1 is 1.21 bits per heavy atom. The Morgan fingerprint density at radius 2 is 1.86 bits per heavy atom. The van der Waals surface area contributed by atoms with Gasteiger partial charge in [0.05, 0.1) is 0 Å². The smallest absolute Gasteiger partial charge is 0.0369 e. The molecule has 0 bridgehead atoms. The third kappa shape index (κ3) is 2.50. The van der Waals surface area contributed by atoms with Gasteiger partial charge in [-0.05, 0) is 36.5 Å². The van der Waals surface area contributed by atoms with Crippen molar-refractivity contribution in [2.75, 3.05) is 11.9 Å². The van der Waals surface area contributed by atoms with Gasteiger partial charge in [-0.15, -0.1) is 0 Å². The van der Waals surface area contributed by atoms with Gasteiger partial charge in [-0.3, -0.25) is 0 Å². The van der Waals surface area contributed by atoms with Crippen LogP contribution in [0.2, 0.25) is 0 Å². The molecule has 0 heterocycles. The lowest BCUT2D eigenvalue weighted by molar-refractivity contribution is 0.590. The average molecular weight is 191 g/mol. The third-order valence-corrected chi connectivity index (χ3v) is 2.46. The lowest BCUT2D eigenvalue weighted by Crippen LogP contribution is -2.11. The second kappa shape index (κ2) is 4.04. The molecule has 0 aliphatic heterocycles. The minimum absolute atomic E-state index is 0.246. The molecule has 0 aromatic heterocycles. The average Bonchev–Trinajstić information content (AvgIpc) is 2.07. The first kappa shape index (κ1) is 11.1. The van der Waals surface area contributed by atoms with Crippen LogP contribution in [-0.4, -0.2) is 6.54 Å². The van der Waals surface area contributed by atoms with Crippen LogP contribution in [0, 0.1) is 6.92 Å². The predicted molar refractivity (Wildman–Crippen MR) is 64.0 cm³/mol. The van der Waals surface area contributed by atoms with E-state index in [0.717, 1.165) is 6.54 Å². The van der Waals surface area contributed by atoms with E-state index >= 15 is 0 Å². The Hall–Kier alpha value is -0.980. The summed E-state index contributed by atoms with van der Waals surface area (Å²) < 4.78 is 0. The molecule has 1 rings (SSSR count). The lowest BCUT2D eigenvalue weighted by atomic mass is 9.86. The Balaban J connectivity index is 3.01. The summed E-state index contributed by atoms with van der Waals surface area (Å²) in [6, 6.07) is 6.67. The zero-order valence-electron chi connectivity index (χ0n) is 9.94. The summed E-state index contributed by atoms with van der Waals surface area (Å²) in [4.78, 5) is 0. The summed E-state index contributed by atoms with van der Waals surface area (Å²) in [5.74, 6) is 0. The van der Waals surface area contributed by atoms with Crippen LogP contribution in [0.3, 0.4) is 0 Å².